The van der Waals surface area contributed by atoms with Crippen LogP contribution in [0.15, 0.2) is 46.3 Å². The Morgan fingerprint density at radius 3 is 2.28 bits per heavy atom. The number of halogens is 1. The number of nitrogens with zero attached hydrogens (tertiary/aromatic N) is 2. The first-order chi connectivity index (χ1) is 12.1. The first kappa shape index (κ1) is 18.1. The van der Waals surface area contributed by atoms with Gasteiger partial charge >= 0.3 is 0 Å². The van der Waals surface area contributed by atoms with Crippen molar-refractivity contribution in [2.24, 2.45) is 0 Å². The van der Waals surface area contributed by atoms with E-state index < -0.39 is 0 Å². The van der Waals surface area contributed by atoms with E-state index in [1.54, 1.807) is 0 Å². The summed E-state index contributed by atoms with van der Waals surface area (Å²) in [6, 6.07) is 14.0. The molecule has 0 spiro atoms. The van der Waals surface area contributed by atoms with E-state index in [-0.39, 0.29) is 11.8 Å². The number of piperazine rings is 1. The number of thiophene rings is 1. The quantitative estimate of drug-likeness (QED) is 0.737. The van der Waals surface area contributed by atoms with Crippen LogP contribution < -0.4 is 0 Å². The molecule has 0 aliphatic carbocycles. The van der Waals surface area contributed by atoms with Crippen molar-refractivity contribution in [3.8, 4) is 0 Å². The van der Waals surface area contributed by atoms with Crippen LogP contribution in [0.25, 0.3) is 0 Å². The van der Waals surface area contributed by atoms with Crippen molar-refractivity contribution in [3.05, 3.63) is 56.7 Å². The zero-order chi connectivity index (χ0) is 17.6. The Kier molecular flexibility index (Phi) is 6.26. The standard InChI is InChI=1S/C19H21BrN2O2S/c20-17-10-9-16(25-17)19(24)22-13-11-21(12-14-22)18(23)8-4-7-15-5-2-1-3-6-15/h1-3,5-6,9-10H,4,7-8,11-14H2. The molecule has 0 N–H and O–H groups in total. The van der Waals surface area contributed by atoms with E-state index in [2.05, 4.69) is 28.1 Å². The number of amides is 2. The third kappa shape index (κ3) is 4.92. The number of aryl methyl sites for hydroxylation is 1. The maximum absolute atomic E-state index is 12.4. The summed E-state index contributed by atoms with van der Waals surface area (Å²) in [7, 11) is 0. The topological polar surface area (TPSA) is 40.6 Å². The van der Waals surface area contributed by atoms with Gasteiger partial charge in [-0.2, -0.15) is 0 Å². The molecule has 2 amide bonds. The minimum absolute atomic E-state index is 0.0619. The van der Waals surface area contributed by atoms with E-state index in [4.69, 9.17) is 0 Å². The van der Waals surface area contributed by atoms with E-state index in [1.165, 1.54) is 16.9 Å². The Morgan fingerprint density at radius 1 is 0.960 bits per heavy atom. The molecule has 0 bridgehead atoms. The van der Waals surface area contributed by atoms with Crippen LogP contribution in [0.2, 0.25) is 0 Å². The summed E-state index contributed by atoms with van der Waals surface area (Å²) in [5, 5.41) is 0. The lowest BCUT2D eigenvalue weighted by molar-refractivity contribution is -0.132. The highest BCUT2D eigenvalue weighted by Crippen LogP contribution is 2.23. The van der Waals surface area contributed by atoms with E-state index in [9.17, 15) is 9.59 Å². The molecule has 132 valence electrons. The van der Waals surface area contributed by atoms with E-state index in [0.29, 0.717) is 32.6 Å². The van der Waals surface area contributed by atoms with Crippen LogP contribution in [0, 0.1) is 0 Å². The molecule has 1 aromatic heterocycles. The minimum Gasteiger partial charge on any atom is -0.339 e. The van der Waals surface area contributed by atoms with Gasteiger partial charge in [0.1, 0.15) is 0 Å². The number of carbonyl (C=O) groups is 2. The van der Waals surface area contributed by atoms with Gasteiger partial charge in [0.05, 0.1) is 8.66 Å². The van der Waals surface area contributed by atoms with Crippen molar-refractivity contribution in [2.45, 2.75) is 19.3 Å². The Hall–Kier alpha value is -1.66. The molecular weight excluding hydrogens is 400 g/mol. The fraction of sp³-hybridized carbons (Fsp3) is 0.368. The third-order valence-corrected chi connectivity index (χ3v) is 6.01. The van der Waals surface area contributed by atoms with Gasteiger partial charge in [-0.1, -0.05) is 30.3 Å². The van der Waals surface area contributed by atoms with Gasteiger partial charge in [0.2, 0.25) is 5.91 Å². The fourth-order valence-electron chi connectivity index (χ4n) is 2.99. The number of hydrogen-bond donors (Lipinski definition) is 0. The van der Waals surface area contributed by atoms with Crippen molar-refractivity contribution < 1.29 is 9.59 Å². The molecular formula is C19H21BrN2O2S. The largest absolute Gasteiger partial charge is 0.339 e. The van der Waals surface area contributed by atoms with Crippen molar-refractivity contribution in [2.75, 3.05) is 26.2 Å². The molecule has 0 unspecified atom stereocenters. The predicted molar refractivity (Wildman–Crippen MR) is 104 cm³/mol. The van der Waals surface area contributed by atoms with Gasteiger partial charge < -0.3 is 9.80 Å². The highest BCUT2D eigenvalue weighted by atomic mass is 79.9. The molecule has 0 radical (unpaired) electrons. The van der Waals surface area contributed by atoms with E-state index in [0.717, 1.165) is 21.5 Å². The van der Waals surface area contributed by atoms with Crippen LogP contribution in [0.5, 0.6) is 0 Å². The summed E-state index contributed by atoms with van der Waals surface area (Å²) in [5.41, 5.74) is 1.27. The predicted octanol–water partition coefficient (Wildman–Crippen LogP) is 3.82. The lowest BCUT2D eigenvalue weighted by Crippen LogP contribution is -2.50. The first-order valence-electron chi connectivity index (χ1n) is 8.50. The van der Waals surface area contributed by atoms with Crippen LogP contribution in [-0.2, 0) is 11.2 Å². The van der Waals surface area contributed by atoms with Gasteiger partial charge in [0, 0.05) is 32.6 Å². The summed E-state index contributed by atoms with van der Waals surface area (Å²) in [6.07, 6.45) is 2.37. The van der Waals surface area contributed by atoms with Crippen LogP contribution in [0.4, 0.5) is 0 Å². The second-order valence-electron chi connectivity index (χ2n) is 6.12. The highest BCUT2D eigenvalue weighted by molar-refractivity contribution is 9.11. The lowest BCUT2D eigenvalue weighted by atomic mass is 10.1. The average molecular weight is 421 g/mol. The molecule has 6 heteroatoms. The second-order valence-corrected chi connectivity index (χ2v) is 8.58. The zero-order valence-electron chi connectivity index (χ0n) is 14.0. The lowest BCUT2D eigenvalue weighted by Gasteiger charge is -2.34. The number of hydrogen-bond acceptors (Lipinski definition) is 3. The maximum Gasteiger partial charge on any atom is 0.264 e. The molecule has 1 aliphatic rings. The smallest absolute Gasteiger partial charge is 0.264 e. The molecule has 1 aliphatic heterocycles. The number of carbonyl (C=O) groups excluding carboxylic acids is 2. The summed E-state index contributed by atoms with van der Waals surface area (Å²) in [4.78, 5) is 29.3. The van der Waals surface area contributed by atoms with Gasteiger partial charge in [-0.05, 0) is 46.5 Å². The van der Waals surface area contributed by atoms with Crippen LogP contribution in [0.1, 0.15) is 28.1 Å². The van der Waals surface area contributed by atoms with Crippen molar-refractivity contribution in [1.82, 2.24) is 9.80 Å². The zero-order valence-corrected chi connectivity index (χ0v) is 16.4. The van der Waals surface area contributed by atoms with Gasteiger partial charge in [0.15, 0.2) is 0 Å². The molecule has 0 atom stereocenters. The molecule has 2 aromatic rings. The molecule has 25 heavy (non-hydrogen) atoms. The summed E-state index contributed by atoms with van der Waals surface area (Å²) in [6.45, 7) is 2.47. The van der Waals surface area contributed by atoms with Crippen molar-refractivity contribution in [1.29, 1.82) is 0 Å². The molecule has 0 saturated carbocycles. The van der Waals surface area contributed by atoms with Crippen molar-refractivity contribution >= 4 is 39.1 Å². The van der Waals surface area contributed by atoms with Crippen LogP contribution in [-0.4, -0.2) is 47.8 Å². The Bertz CT molecular complexity index is 724. The number of benzene rings is 1. The summed E-state index contributed by atoms with van der Waals surface area (Å²) in [5.74, 6) is 0.258. The Labute approximate surface area is 160 Å². The molecule has 2 heterocycles. The summed E-state index contributed by atoms with van der Waals surface area (Å²) < 4.78 is 0.961. The normalized spacial score (nSPS) is 14.6. The fourth-order valence-corrected chi connectivity index (χ4v) is 4.34. The summed E-state index contributed by atoms with van der Waals surface area (Å²) >= 11 is 4.84. The minimum atomic E-state index is 0.0619. The van der Waals surface area contributed by atoms with Gasteiger partial charge in [-0.25, -0.2) is 0 Å². The van der Waals surface area contributed by atoms with Crippen LogP contribution in [0.3, 0.4) is 0 Å². The first-order valence-corrected chi connectivity index (χ1v) is 10.1. The molecule has 1 saturated heterocycles. The van der Waals surface area contributed by atoms with E-state index in [1.807, 2.05) is 40.1 Å². The molecule has 4 nitrogen and oxygen atoms in total. The van der Waals surface area contributed by atoms with Gasteiger partial charge in [0.25, 0.3) is 5.91 Å². The third-order valence-electron chi connectivity index (χ3n) is 4.40. The van der Waals surface area contributed by atoms with Gasteiger partial charge in [-0.15, -0.1) is 11.3 Å². The monoisotopic (exact) mass is 420 g/mol. The SMILES string of the molecule is O=C(CCCc1ccccc1)N1CCN(C(=O)c2ccc(Br)s2)CC1. The Balaban J connectivity index is 1.42. The van der Waals surface area contributed by atoms with Crippen LogP contribution >= 0.6 is 27.3 Å². The second kappa shape index (κ2) is 8.63. The molecule has 1 aromatic carbocycles. The maximum atomic E-state index is 12.4. The molecule has 1 fully saturated rings. The molecule has 3 rings (SSSR count). The van der Waals surface area contributed by atoms with Gasteiger partial charge in [-0.3, -0.25) is 9.59 Å². The van der Waals surface area contributed by atoms with Crippen molar-refractivity contribution in [3.63, 3.8) is 0 Å². The van der Waals surface area contributed by atoms with E-state index >= 15 is 0 Å². The highest BCUT2D eigenvalue weighted by Gasteiger charge is 2.25. The number of rotatable bonds is 5. The average Bonchev–Trinajstić information content (AvgIpc) is 3.08. The Morgan fingerprint density at radius 2 is 1.64 bits per heavy atom.